The third-order valence-corrected chi connectivity index (χ3v) is 5.81. The number of hydrogen-bond acceptors (Lipinski definition) is 0. The first-order chi connectivity index (χ1) is 14.0. The van der Waals surface area contributed by atoms with Gasteiger partial charge in [0.25, 0.3) is 0 Å². The fourth-order valence-corrected chi connectivity index (χ4v) is 3.92. The van der Waals surface area contributed by atoms with Crippen LogP contribution in [0.15, 0.2) is 66.7 Å². The van der Waals surface area contributed by atoms with Crippen LogP contribution in [0.2, 0.25) is 5.02 Å². The predicted molar refractivity (Wildman–Crippen MR) is 123 cm³/mol. The first-order valence-electron chi connectivity index (χ1n) is 10.7. The monoisotopic (exact) mass is 408 g/mol. The van der Waals surface area contributed by atoms with Crippen LogP contribution in [0.3, 0.4) is 0 Å². The average molecular weight is 409 g/mol. The van der Waals surface area contributed by atoms with Crippen LogP contribution >= 0.6 is 11.6 Å². The largest absolute Gasteiger partial charge is 0.207 e. The molecule has 0 aliphatic rings. The predicted octanol–water partition coefficient (Wildman–Crippen LogP) is 8.30. The van der Waals surface area contributed by atoms with Crippen molar-refractivity contribution in [3.63, 3.8) is 0 Å². The Hall–Kier alpha value is -2.12. The first-order valence-corrected chi connectivity index (χ1v) is 11.0. The number of unbranched alkanes of at least 4 members (excludes halogenated alkanes) is 1. The molecule has 0 nitrogen and oxygen atoms in total. The molecular weight excluding hydrogens is 379 g/mol. The Morgan fingerprint density at radius 1 is 0.828 bits per heavy atom. The zero-order valence-electron chi connectivity index (χ0n) is 17.4. The third kappa shape index (κ3) is 6.44. The van der Waals surface area contributed by atoms with Gasteiger partial charge >= 0.3 is 0 Å². The second-order valence-corrected chi connectivity index (χ2v) is 8.52. The summed E-state index contributed by atoms with van der Waals surface area (Å²) >= 11 is 5.82. The van der Waals surface area contributed by atoms with Gasteiger partial charge in [0.15, 0.2) is 0 Å². The Bertz CT molecular complexity index is 897. The molecule has 0 radical (unpaired) electrons. The topological polar surface area (TPSA) is 0 Å². The van der Waals surface area contributed by atoms with Crippen LogP contribution in [0.4, 0.5) is 4.39 Å². The molecular formula is C27H30ClF. The van der Waals surface area contributed by atoms with Crippen LogP contribution in [0.5, 0.6) is 0 Å². The molecule has 3 rings (SSSR count). The van der Waals surface area contributed by atoms with Gasteiger partial charge in [0.1, 0.15) is 5.82 Å². The number of rotatable bonds is 9. The van der Waals surface area contributed by atoms with Crippen LogP contribution in [0, 0.1) is 11.7 Å². The van der Waals surface area contributed by atoms with Crippen LogP contribution in [0.1, 0.15) is 49.8 Å². The summed E-state index contributed by atoms with van der Waals surface area (Å²) in [5, 5.41) is 0.442. The zero-order valence-corrected chi connectivity index (χ0v) is 18.2. The lowest BCUT2D eigenvalue weighted by Crippen LogP contribution is -1.99. The third-order valence-electron chi connectivity index (χ3n) is 5.57. The summed E-state index contributed by atoms with van der Waals surface area (Å²) in [6.07, 6.45) is 6.53. The molecule has 0 spiro atoms. The Morgan fingerprint density at radius 2 is 1.45 bits per heavy atom. The van der Waals surface area contributed by atoms with Crippen LogP contribution in [0.25, 0.3) is 11.1 Å². The number of benzene rings is 3. The van der Waals surface area contributed by atoms with Crippen LogP contribution in [-0.2, 0) is 19.3 Å². The molecule has 1 atom stereocenters. The van der Waals surface area contributed by atoms with Gasteiger partial charge in [-0.05, 0) is 65.1 Å². The second kappa shape index (κ2) is 10.6. The summed E-state index contributed by atoms with van der Waals surface area (Å²) in [5.41, 5.74) is 5.80. The van der Waals surface area contributed by atoms with E-state index in [0.29, 0.717) is 17.0 Å². The zero-order chi connectivity index (χ0) is 20.6. The molecule has 0 heterocycles. The SMILES string of the molecule is CCCC[C@@H](C)Cc1ccc(-c2ccc(CCc3ccc(Cl)cc3F)cc2)cc1. The molecule has 0 aromatic heterocycles. The van der Waals surface area contributed by atoms with Crippen molar-refractivity contribution < 1.29 is 4.39 Å². The molecule has 152 valence electrons. The summed E-state index contributed by atoms with van der Waals surface area (Å²) in [6.45, 7) is 4.60. The maximum atomic E-state index is 13.9. The molecule has 0 fully saturated rings. The first kappa shape index (κ1) is 21.6. The van der Waals surface area contributed by atoms with Gasteiger partial charge in [-0.15, -0.1) is 0 Å². The highest BCUT2D eigenvalue weighted by Crippen LogP contribution is 2.23. The van der Waals surface area contributed by atoms with Crippen molar-refractivity contribution in [2.45, 2.75) is 52.4 Å². The maximum absolute atomic E-state index is 13.9. The van der Waals surface area contributed by atoms with Gasteiger partial charge in [0.2, 0.25) is 0 Å². The van der Waals surface area contributed by atoms with Crippen molar-refractivity contribution in [2.24, 2.45) is 5.92 Å². The minimum Gasteiger partial charge on any atom is -0.207 e. The van der Waals surface area contributed by atoms with Gasteiger partial charge in [0.05, 0.1) is 0 Å². The lowest BCUT2D eigenvalue weighted by Gasteiger charge is -2.11. The molecule has 3 aromatic carbocycles. The Morgan fingerprint density at radius 3 is 2.03 bits per heavy atom. The molecule has 0 bridgehead atoms. The van der Waals surface area contributed by atoms with E-state index >= 15 is 0 Å². The lowest BCUT2D eigenvalue weighted by atomic mass is 9.94. The van der Waals surface area contributed by atoms with Crippen molar-refractivity contribution >= 4 is 11.6 Å². The van der Waals surface area contributed by atoms with E-state index in [0.717, 1.165) is 18.8 Å². The van der Waals surface area contributed by atoms with Gasteiger partial charge in [-0.2, -0.15) is 0 Å². The quantitative estimate of drug-likeness (QED) is 0.334. The highest BCUT2D eigenvalue weighted by Gasteiger charge is 2.06. The van der Waals surface area contributed by atoms with Gasteiger partial charge in [-0.1, -0.05) is 99.3 Å². The van der Waals surface area contributed by atoms with Crippen molar-refractivity contribution in [3.05, 3.63) is 94.3 Å². The molecule has 0 unspecified atom stereocenters. The molecule has 3 aromatic rings. The lowest BCUT2D eigenvalue weighted by molar-refractivity contribution is 0.503. The van der Waals surface area contributed by atoms with E-state index in [1.54, 1.807) is 12.1 Å². The van der Waals surface area contributed by atoms with Crippen molar-refractivity contribution in [1.29, 1.82) is 0 Å². The van der Waals surface area contributed by atoms with E-state index in [1.807, 2.05) is 0 Å². The summed E-state index contributed by atoms with van der Waals surface area (Å²) < 4.78 is 13.9. The van der Waals surface area contributed by atoms with Gasteiger partial charge < -0.3 is 0 Å². The highest BCUT2D eigenvalue weighted by atomic mass is 35.5. The minimum atomic E-state index is -0.224. The summed E-state index contributed by atoms with van der Waals surface area (Å²) in [4.78, 5) is 0. The normalized spacial score (nSPS) is 12.1. The number of aryl methyl sites for hydroxylation is 2. The van der Waals surface area contributed by atoms with Crippen molar-refractivity contribution in [3.8, 4) is 11.1 Å². The second-order valence-electron chi connectivity index (χ2n) is 8.08. The van der Waals surface area contributed by atoms with Crippen LogP contribution < -0.4 is 0 Å². The van der Waals surface area contributed by atoms with E-state index in [1.165, 1.54) is 47.6 Å². The maximum Gasteiger partial charge on any atom is 0.127 e. The Balaban J connectivity index is 1.58. The Kier molecular flexibility index (Phi) is 7.89. The van der Waals surface area contributed by atoms with Crippen molar-refractivity contribution in [1.82, 2.24) is 0 Å². The highest BCUT2D eigenvalue weighted by molar-refractivity contribution is 6.30. The number of hydrogen-bond donors (Lipinski definition) is 0. The standard InChI is InChI=1S/C27H30ClF/c1-3-4-5-20(2)18-22-9-13-24(14-10-22)23-11-6-21(7-12-23)8-15-25-16-17-26(28)19-27(25)29/h6-7,9-14,16-17,19-20H,3-5,8,15,18H2,1-2H3/t20-/m1/s1. The molecule has 0 aliphatic heterocycles. The van der Waals surface area contributed by atoms with Gasteiger partial charge in [0, 0.05) is 5.02 Å². The minimum absolute atomic E-state index is 0.224. The van der Waals surface area contributed by atoms with Crippen LogP contribution in [-0.4, -0.2) is 0 Å². The van der Waals surface area contributed by atoms with E-state index < -0.39 is 0 Å². The summed E-state index contributed by atoms with van der Waals surface area (Å²) in [6, 6.07) is 22.5. The van der Waals surface area contributed by atoms with Crippen molar-refractivity contribution in [2.75, 3.05) is 0 Å². The molecule has 0 saturated carbocycles. The van der Waals surface area contributed by atoms with E-state index in [4.69, 9.17) is 11.6 Å². The molecule has 2 heteroatoms. The smallest absolute Gasteiger partial charge is 0.127 e. The van der Waals surface area contributed by atoms with Gasteiger partial charge in [-0.3, -0.25) is 0 Å². The number of halogens is 2. The molecule has 29 heavy (non-hydrogen) atoms. The fourth-order valence-electron chi connectivity index (χ4n) is 3.76. The molecule has 0 amide bonds. The molecule has 0 N–H and O–H groups in total. The molecule has 0 saturated heterocycles. The van der Waals surface area contributed by atoms with E-state index in [-0.39, 0.29) is 5.82 Å². The fraction of sp³-hybridized carbons (Fsp3) is 0.333. The van der Waals surface area contributed by atoms with E-state index in [2.05, 4.69) is 62.4 Å². The van der Waals surface area contributed by atoms with E-state index in [9.17, 15) is 4.39 Å². The average Bonchev–Trinajstić information content (AvgIpc) is 2.73. The summed E-state index contributed by atoms with van der Waals surface area (Å²) in [7, 11) is 0. The van der Waals surface area contributed by atoms with Gasteiger partial charge in [-0.25, -0.2) is 4.39 Å². The Labute approximate surface area is 179 Å². The molecule has 0 aliphatic carbocycles. The summed E-state index contributed by atoms with van der Waals surface area (Å²) in [5.74, 6) is 0.517.